The predicted molar refractivity (Wildman–Crippen MR) is 309 cm³/mol. The molecule has 5 unspecified atom stereocenters. The largest absolute Gasteiger partial charge is 0.452 e. The molecule has 0 spiro atoms. The van der Waals surface area contributed by atoms with Crippen molar-refractivity contribution in [1.29, 1.82) is 5.41 Å². The van der Waals surface area contributed by atoms with Crippen LogP contribution in [0.1, 0.15) is 82.9 Å². The first-order valence-electron chi connectivity index (χ1n) is 27.0. The number of carbonyl (C=O) groups excluding carboxylic acids is 6. The third-order valence-electron chi connectivity index (χ3n) is 14.1. The summed E-state index contributed by atoms with van der Waals surface area (Å²) in [6, 6.07) is 48.9. The van der Waals surface area contributed by atoms with Gasteiger partial charge >= 0.3 is 35.8 Å². The second-order valence-electron chi connectivity index (χ2n) is 19.3. The molecule has 0 saturated carbocycles. The molecule has 6 aromatic carbocycles. The lowest BCUT2D eigenvalue weighted by Gasteiger charge is -2.47. The van der Waals surface area contributed by atoms with E-state index < -0.39 is 122 Å². The Hall–Kier alpha value is -7.46. The quantitative estimate of drug-likeness (QED) is 0.0166. The van der Waals surface area contributed by atoms with Crippen molar-refractivity contribution in [2.24, 2.45) is 0 Å². The summed E-state index contributed by atoms with van der Waals surface area (Å²) in [4.78, 5) is 86.1. The third-order valence-corrected chi connectivity index (χ3v) is 19.3. The first-order valence-corrected chi connectivity index (χ1v) is 30.6. The molecular formula is C62H60Cl3NO17Si. The highest BCUT2D eigenvalue weighted by atomic mass is 35.6. The molecule has 0 aromatic heterocycles. The normalized spacial score (nSPS) is 22.3. The molecule has 84 heavy (non-hydrogen) atoms. The Morgan fingerprint density at radius 2 is 0.655 bits per heavy atom. The van der Waals surface area contributed by atoms with Crippen molar-refractivity contribution < 1.29 is 80.6 Å². The standard InChI is InChI=1S/C62H60Cl3NO17Si/c1-4-84(5-2,6-3)74-38-46-48(78-54(68)40-27-15-8-16-28-40)49(79-55(69)41-29-17-9-18-30-41)51(81-57(71)43-33-21-11-22-34-43)59(75-46)73-37-45-47(77-53(67)39-25-13-7-14-26-39)50(80-56(70)42-31-19-10-20-32-42)52(60(76-45)83-61(66)62(63,64)65)82-58(72)44-35-23-12-24-36-44/h7-36,45-52,59-60,66H,4-6,37-38H2,1-3H3/t45?,46-,47-,48?,49+,50?,51?,52-,59-,60?/m1/s1. The average Bonchev–Trinajstić information content (AvgIpc) is 2.51. The van der Waals surface area contributed by atoms with E-state index in [4.69, 9.17) is 92.0 Å². The maximum absolute atomic E-state index is 14.5. The van der Waals surface area contributed by atoms with Crippen LogP contribution in [0.3, 0.4) is 0 Å². The van der Waals surface area contributed by atoms with Gasteiger partial charge in [0, 0.05) is 0 Å². The Bertz CT molecular complexity index is 3160. The van der Waals surface area contributed by atoms with Crippen molar-refractivity contribution in [2.75, 3.05) is 13.2 Å². The minimum Gasteiger partial charge on any atom is -0.452 e. The van der Waals surface area contributed by atoms with E-state index in [-0.39, 0.29) is 40.0 Å². The lowest BCUT2D eigenvalue weighted by Crippen LogP contribution is -2.65. The van der Waals surface area contributed by atoms with Gasteiger partial charge in [-0.3, -0.25) is 5.41 Å². The van der Waals surface area contributed by atoms with Crippen LogP contribution in [-0.4, -0.2) is 128 Å². The highest BCUT2D eigenvalue weighted by Crippen LogP contribution is 2.38. The number of hydrogen-bond donors (Lipinski definition) is 1. The molecule has 2 saturated heterocycles. The molecule has 0 radical (unpaired) electrons. The zero-order valence-corrected chi connectivity index (χ0v) is 49.0. The van der Waals surface area contributed by atoms with Crippen LogP contribution in [0.2, 0.25) is 18.1 Å². The Morgan fingerprint density at radius 1 is 0.393 bits per heavy atom. The summed E-state index contributed by atoms with van der Waals surface area (Å²) in [5.41, 5.74) is 0.304. The van der Waals surface area contributed by atoms with E-state index in [9.17, 15) is 28.8 Å². The maximum atomic E-state index is 14.5. The fourth-order valence-electron chi connectivity index (χ4n) is 9.34. The van der Waals surface area contributed by atoms with Gasteiger partial charge in [0.15, 0.2) is 45.1 Å². The number of hydrogen-bond acceptors (Lipinski definition) is 18. The average molecular weight is 1230 g/mol. The van der Waals surface area contributed by atoms with Crippen molar-refractivity contribution >= 4 is 84.8 Å². The summed E-state index contributed by atoms with van der Waals surface area (Å²) >= 11 is 18.6. The van der Waals surface area contributed by atoms with Crippen LogP contribution in [0.25, 0.3) is 0 Å². The fourth-order valence-corrected chi connectivity index (χ4v) is 12.1. The molecule has 6 aromatic rings. The number of alkyl halides is 3. The number of carbonyl (C=O) groups is 6. The highest BCUT2D eigenvalue weighted by molar-refractivity contribution is 6.76. The molecule has 2 aliphatic rings. The van der Waals surface area contributed by atoms with Crippen LogP contribution in [0.15, 0.2) is 182 Å². The lowest BCUT2D eigenvalue weighted by atomic mass is 9.96. The monoisotopic (exact) mass is 1220 g/mol. The molecule has 8 rings (SSSR count). The molecule has 18 nitrogen and oxygen atoms in total. The van der Waals surface area contributed by atoms with E-state index in [0.29, 0.717) is 18.1 Å². The Labute approximate surface area is 501 Å². The Morgan fingerprint density at radius 3 is 0.952 bits per heavy atom. The van der Waals surface area contributed by atoms with Crippen molar-refractivity contribution in [3.05, 3.63) is 215 Å². The zero-order chi connectivity index (χ0) is 59.8. The van der Waals surface area contributed by atoms with Crippen molar-refractivity contribution in [3.8, 4) is 0 Å². The summed E-state index contributed by atoms with van der Waals surface area (Å²) in [5, 5.41) is 8.71. The summed E-state index contributed by atoms with van der Waals surface area (Å²) in [6.07, 6.45) is -17.8. The van der Waals surface area contributed by atoms with Crippen LogP contribution in [-0.2, 0) is 51.8 Å². The minimum absolute atomic E-state index is 0.0106. The summed E-state index contributed by atoms with van der Waals surface area (Å²) < 4.78 is 67.7. The number of ether oxygens (including phenoxy) is 10. The Balaban J connectivity index is 1.27. The second kappa shape index (κ2) is 29.4. The van der Waals surface area contributed by atoms with Gasteiger partial charge in [-0.1, -0.05) is 165 Å². The van der Waals surface area contributed by atoms with Crippen LogP contribution in [0.4, 0.5) is 0 Å². The molecule has 0 bridgehead atoms. The van der Waals surface area contributed by atoms with Crippen molar-refractivity contribution in [1.82, 2.24) is 0 Å². The topological polar surface area (TPSA) is 228 Å². The van der Waals surface area contributed by atoms with E-state index in [1.54, 1.807) is 109 Å². The number of nitrogens with one attached hydrogen (secondary N) is 1. The van der Waals surface area contributed by atoms with Gasteiger partial charge in [-0.15, -0.1) is 0 Å². The van der Waals surface area contributed by atoms with Crippen molar-refractivity contribution in [3.63, 3.8) is 0 Å². The van der Waals surface area contributed by atoms with Crippen molar-refractivity contribution in [2.45, 2.75) is 104 Å². The number of rotatable bonds is 22. The van der Waals surface area contributed by atoms with Crippen LogP contribution in [0.5, 0.6) is 0 Å². The summed E-state index contributed by atoms with van der Waals surface area (Å²) in [7, 11) is -2.53. The van der Waals surface area contributed by atoms with Gasteiger partial charge in [0.05, 0.1) is 46.6 Å². The summed E-state index contributed by atoms with van der Waals surface area (Å²) in [6.45, 7) is 4.97. The molecule has 22 heteroatoms. The Kier molecular flexibility index (Phi) is 21.9. The minimum atomic E-state index is -2.56. The molecule has 1 N–H and O–H groups in total. The molecule has 440 valence electrons. The number of benzene rings is 6. The van der Waals surface area contributed by atoms with Crippen LogP contribution < -0.4 is 0 Å². The molecule has 2 heterocycles. The second-order valence-corrected chi connectivity index (χ2v) is 26.4. The fraction of sp³-hybridized carbons (Fsp3) is 0.306. The first kappa shape index (κ1) is 62.6. The van der Waals surface area contributed by atoms with E-state index in [2.05, 4.69) is 0 Å². The lowest BCUT2D eigenvalue weighted by molar-refractivity contribution is -0.321. The molecule has 0 aliphatic carbocycles. The van der Waals surface area contributed by atoms with Crippen LogP contribution in [0, 0.1) is 5.41 Å². The van der Waals surface area contributed by atoms with Gasteiger partial charge < -0.3 is 51.8 Å². The summed E-state index contributed by atoms with van der Waals surface area (Å²) in [5.74, 6) is -6.75. The third kappa shape index (κ3) is 16.0. The zero-order valence-electron chi connectivity index (χ0n) is 45.7. The van der Waals surface area contributed by atoms with Gasteiger partial charge in [0.25, 0.3) is 3.79 Å². The van der Waals surface area contributed by atoms with Gasteiger partial charge in [0.1, 0.15) is 12.2 Å². The molecule has 2 fully saturated rings. The van der Waals surface area contributed by atoms with Gasteiger partial charge in [0.2, 0.25) is 18.3 Å². The van der Waals surface area contributed by atoms with E-state index in [1.807, 2.05) is 20.8 Å². The van der Waals surface area contributed by atoms with E-state index in [1.165, 1.54) is 72.8 Å². The molecule has 2 aliphatic heterocycles. The molecule has 10 atom stereocenters. The predicted octanol–water partition coefficient (Wildman–Crippen LogP) is 11.2. The van der Waals surface area contributed by atoms with Gasteiger partial charge in [-0.25, -0.2) is 28.8 Å². The smallest absolute Gasteiger partial charge is 0.338 e. The highest BCUT2D eigenvalue weighted by Gasteiger charge is 2.58. The van der Waals surface area contributed by atoms with Gasteiger partial charge in [-0.2, -0.15) is 0 Å². The molecule has 0 amide bonds. The van der Waals surface area contributed by atoms with Crippen LogP contribution >= 0.6 is 34.8 Å². The van der Waals surface area contributed by atoms with E-state index in [0.717, 1.165) is 0 Å². The SMILES string of the molecule is CC[Si](CC)(CC)OC[C@H]1O[C@@H](OCC2OC(OC(=N)C(Cl)(Cl)Cl)[C@H](OC(=O)c3ccccc3)C(OC(=O)c3ccccc3)[C@@H]2OC(=O)c2ccccc2)C(OC(=O)c2ccccc2)[C@@H](OC(=O)c2ccccc2)C1OC(=O)c1ccccc1. The number of halogens is 3. The first-order chi connectivity index (χ1) is 40.5. The van der Waals surface area contributed by atoms with E-state index >= 15 is 0 Å². The van der Waals surface area contributed by atoms with Gasteiger partial charge in [-0.05, 0) is 90.9 Å². The number of esters is 6. The molecular weight excluding hydrogens is 1170 g/mol. The maximum Gasteiger partial charge on any atom is 0.338 e.